The van der Waals surface area contributed by atoms with Gasteiger partial charge in [-0.25, -0.2) is 0 Å². The van der Waals surface area contributed by atoms with E-state index in [1.165, 1.54) is 11.0 Å². The predicted molar refractivity (Wildman–Crippen MR) is 117 cm³/mol. The fraction of sp³-hybridized carbons (Fsp3) is 0.136. The lowest BCUT2D eigenvalue weighted by atomic mass is 10.1. The quantitative estimate of drug-likeness (QED) is 0.629. The molecule has 2 N–H and O–H groups in total. The van der Waals surface area contributed by atoms with E-state index in [0.717, 1.165) is 27.8 Å². The number of carbonyl (C=O) groups excluding carboxylic acids is 2. The van der Waals surface area contributed by atoms with Crippen molar-refractivity contribution in [1.82, 2.24) is 9.88 Å². The lowest BCUT2D eigenvalue weighted by Gasteiger charge is -2.10. The topological polar surface area (TPSA) is 82.3 Å². The van der Waals surface area contributed by atoms with Crippen molar-refractivity contribution in [3.05, 3.63) is 82.1 Å². The zero-order valence-electron chi connectivity index (χ0n) is 16.4. The van der Waals surface area contributed by atoms with Crippen LogP contribution in [0.3, 0.4) is 0 Å². The highest BCUT2D eigenvalue weighted by molar-refractivity contribution is 8.13. The molecule has 0 unspecified atom stereocenters. The second-order valence-electron chi connectivity index (χ2n) is 6.73. The van der Waals surface area contributed by atoms with Crippen molar-refractivity contribution in [2.24, 2.45) is 0 Å². The molecule has 0 fully saturated rings. The summed E-state index contributed by atoms with van der Waals surface area (Å²) >= 11 is 1.10. The Hall–Kier alpha value is -3.32. The molecule has 1 heterocycles. The van der Waals surface area contributed by atoms with Crippen molar-refractivity contribution >= 4 is 28.6 Å². The van der Waals surface area contributed by atoms with Gasteiger partial charge in [0.15, 0.2) is 0 Å². The summed E-state index contributed by atoms with van der Waals surface area (Å²) in [5.74, 6) is -0.494. The molecule has 2 amide bonds. The Bertz CT molecular complexity index is 1100. The molecule has 0 aliphatic heterocycles. The van der Waals surface area contributed by atoms with Crippen LogP contribution >= 0.6 is 11.8 Å². The molecule has 3 aromatic rings. The minimum atomic E-state index is -0.494. The third-order valence-corrected chi connectivity index (χ3v) is 5.21. The smallest absolute Gasteiger partial charge is 0.285 e. The van der Waals surface area contributed by atoms with Crippen LogP contribution in [0.15, 0.2) is 70.4 Å². The SMILES string of the molecule is Cc1cccc(-c2ccc(C(=O)Nc3ccc(SC(=O)N(C)C)cc3)c(=O)[nH]2)c1. The summed E-state index contributed by atoms with van der Waals surface area (Å²) in [5.41, 5.74) is 2.74. The first-order valence-corrected chi connectivity index (χ1v) is 9.76. The van der Waals surface area contributed by atoms with E-state index in [0.29, 0.717) is 11.4 Å². The van der Waals surface area contributed by atoms with E-state index in [1.807, 2.05) is 31.2 Å². The first-order valence-electron chi connectivity index (χ1n) is 8.94. The number of hydrogen-bond acceptors (Lipinski definition) is 4. The van der Waals surface area contributed by atoms with Crippen LogP contribution in [0, 0.1) is 6.92 Å². The van der Waals surface area contributed by atoms with Crippen molar-refractivity contribution in [2.75, 3.05) is 19.4 Å². The van der Waals surface area contributed by atoms with E-state index in [4.69, 9.17) is 0 Å². The molecule has 0 atom stereocenters. The van der Waals surface area contributed by atoms with E-state index in [2.05, 4.69) is 10.3 Å². The number of aromatic amines is 1. The molecule has 0 aliphatic carbocycles. The molecule has 3 rings (SSSR count). The minimum Gasteiger partial charge on any atom is -0.339 e. The third kappa shape index (κ3) is 5.14. The summed E-state index contributed by atoms with van der Waals surface area (Å²) < 4.78 is 0. The van der Waals surface area contributed by atoms with Crippen LogP contribution < -0.4 is 10.9 Å². The van der Waals surface area contributed by atoms with Crippen LogP contribution in [0.4, 0.5) is 10.5 Å². The van der Waals surface area contributed by atoms with Gasteiger partial charge in [-0.3, -0.25) is 14.4 Å². The van der Waals surface area contributed by atoms with Gasteiger partial charge in [0, 0.05) is 30.4 Å². The summed E-state index contributed by atoms with van der Waals surface area (Å²) in [6, 6.07) is 17.9. The van der Waals surface area contributed by atoms with Crippen LogP contribution in [0.25, 0.3) is 11.3 Å². The number of aryl methyl sites for hydroxylation is 1. The summed E-state index contributed by atoms with van der Waals surface area (Å²) in [6.07, 6.45) is 0. The Balaban J connectivity index is 1.72. The average molecular weight is 407 g/mol. The second-order valence-corrected chi connectivity index (χ2v) is 7.75. The maximum atomic E-state index is 12.5. The highest BCUT2D eigenvalue weighted by atomic mass is 32.2. The van der Waals surface area contributed by atoms with Gasteiger partial charge in [-0.1, -0.05) is 23.8 Å². The number of amides is 2. The molecule has 6 nitrogen and oxygen atoms in total. The van der Waals surface area contributed by atoms with Crippen LogP contribution in [0.1, 0.15) is 15.9 Å². The molecule has 29 heavy (non-hydrogen) atoms. The van der Waals surface area contributed by atoms with Gasteiger partial charge in [0.25, 0.3) is 16.7 Å². The molecule has 1 aromatic heterocycles. The number of carbonyl (C=O) groups is 2. The molecular formula is C22H21N3O3S. The zero-order valence-corrected chi connectivity index (χ0v) is 17.2. The maximum absolute atomic E-state index is 12.5. The zero-order chi connectivity index (χ0) is 21.0. The Morgan fingerprint density at radius 2 is 1.72 bits per heavy atom. The normalized spacial score (nSPS) is 10.4. The second kappa shape index (κ2) is 8.79. The van der Waals surface area contributed by atoms with Crippen molar-refractivity contribution in [2.45, 2.75) is 11.8 Å². The third-order valence-electron chi connectivity index (χ3n) is 4.17. The first-order chi connectivity index (χ1) is 13.8. The molecule has 7 heteroatoms. The van der Waals surface area contributed by atoms with E-state index in [1.54, 1.807) is 44.4 Å². The molecule has 0 bridgehead atoms. The molecule has 2 aromatic carbocycles. The molecular weight excluding hydrogens is 386 g/mol. The van der Waals surface area contributed by atoms with Crippen molar-refractivity contribution in [1.29, 1.82) is 0 Å². The van der Waals surface area contributed by atoms with Gasteiger partial charge in [-0.2, -0.15) is 0 Å². The van der Waals surface area contributed by atoms with Gasteiger partial charge < -0.3 is 15.2 Å². The number of pyridine rings is 1. The van der Waals surface area contributed by atoms with Crippen molar-refractivity contribution in [3.8, 4) is 11.3 Å². The fourth-order valence-corrected chi connectivity index (χ4v) is 3.29. The van der Waals surface area contributed by atoms with Crippen LogP contribution in [0.2, 0.25) is 0 Å². The fourth-order valence-electron chi connectivity index (χ4n) is 2.63. The maximum Gasteiger partial charge on any atom is 0.285 e. The highest BCUT2D eigenvalue weighted by Crippen LogP contribution is 2.23. The van der Waals surface area contributed by atoms with E-state index in [-0.39, 0.29) is 10.8 Å². The lowest BCUT2D eigenvalue weighted by molar-refractivity contribution is 0.102. The lowest BCUT2D eigenvalue weighted by Crippen LogP contribution is -2.23. The molecule has 0 saturated carbocycles. The summed E-state index contributed by atoms with van der Waals surface area (Å²) in [6.45, 7) is 1.98. The monoisotopic (exact) mass is 407 g/mol. The standard InChI is InChI=1S/C22H21N3O3S/c1-14-5-4-6-15(13-14)19-12-11-18(21(27)24-19)20(26)23-16-7-9-17(10-8-16)29-22(28)25(2)3/h4-13H,1-3H3,(H,23,26)(H,24,27). The number of anilines is 1. The van der Waals surface area contributed by atoms with E-state index >= 15 is 0 Å². The molecule has 148 valence electrons. The Labute approximate surface area is 173 Å². The van der Waals surface area contributed by atoms with Gasteiger partial charge in [0.1, 0.15) is 5.56 Å². The number of nitrogens with zero attached hydrogens (tertiary/aromatic N) is 1. The average Bonchev–Trinajstić information content (AvgIpc) is 2.69. The van der Waals surface area contributed by atoms with Crippen LogP contribution in [0.5, 0.6) is 0 Å². The number of thioether (sulfide) groups is 1. The summed E-state index contributed by atoms with van der Waals surface area (Å²) in [4.78, 5) is 41.7. The number of H-pyrrole nitrogens is 1. The van der Waals surface area contributed by atoms with Gasteiger partial charge in [-0.05, 0) is 66.7 Å². The van der Waals surface area contributed by atoms with Crippen molar-refractivity contribution in [3.63, 3.8) is 0 Å². The highest BCUT2D eigenvalue weighted by Gasteiger charge is 2.13. The number of aromatic nitrogens is 1. The van der Waals surface area contributed by atoms with E-state index < -0.39 is 11.5 Å². The Morgan fingerprint density at radius 1 is 1.00 bits per heavy atom. The van der Waals surface area contributed by atoms with Gasteiger partial charge in [0.2, 0.25) is 0 Å². The number of hydrogen-bond donors (Lipinski definition) is 2. The summed E-state index contributed by atoms with van der Waals surface area (Å²) in [5, 5.41) is 2.63. The largest absolute Gasteiger partial charge is 0.339 e. The Morgan fingerprint density at radius 3 is 2.34 bits per heavy atom. The van der Waals surface area contributed by atoms with Gasteiger partial charge in [-0.15, -0.1) is 0 Å². The predicted octanol–water partition coefficient (Wildman–Crippen LogP) is 4.38. The number of rotatable bonds is 4. The van der Waals surface area contributed by atoms with Crippen LogP contribution in [-0.4, -0.2) is 35.1 Å². The van der Waals surface area contributed by atoms with E-state index in [9.17, 15) is 14.4 Å². The molecule has 0 aliphatic rings. The molecule has 0 spiro atoms. The van der Waals surface area contributed by atoms with Crippen LogP contribution in [-0.2, 0) is 0 Å². The summed E-state index contributed by atoms with van der Waals surface area (Å²) in [7, 11) is 3.37. The van der Waals surface area contributed by atoms with Gasteiger partial charge >= 0.3 is 0 Å². The molecule has 0 radical (unpaired) electrons. The number of nitrogens with one attached hydrogen (secondary N) is 2. The Kier molecular flexibility index (Phi) is 6.19. The minimum absolute atomic E-state index is 0.0302. The number of benzene rings is 2. The molecule has 0 saturated heterocycles. The van der Waals surface area contributed by atoms with Gasteiger partial charge in [0.05, 0.1) is 0 Å². The first kappa shape index (κ1) is 20.4. The van der Waals surface area contributed by atoms with Crippen molar-refractivity contribution < 1.29 is 9.59 Å².